The van der Waals surface area contributed by atoms with E-state index in [1.807, 2.05) is 0 Å². The molecule has 1 rings (SSSR count). The third kappa shape index (κ3) is 32.1. The lowest BCUT2D eigenvalue weighted by molar-refractivity contribution is -0.301. The molecule has 0 radical (unpaired) electrons. The molecule has 0 aliphatic carbocycles. The van der Waals surface area contributed by atoms with E-state index in [9.17, 15) is 28.5 Å². The van der Waals surface area contributed by atoms with E-state index < -0.39 is 59.8 Å². The van der Waals surface area contributed by atoms with Crippen LogP contribution in [0.3, 0.4) is 0 Å². The predicted octanol–water partition coefficient (Wildman–Crippen LogP) is 10.2. The number of carbonyl (C=O) groups is 1. The Morgan fingerprint density at radius 3 is 1.65 bits per heavy atom. The third-order valence-electron chi connectivity index (χ3n) is 10.7. The van der Waals surface area contributed by atoms with Crippen molar-refractivity contribution in [2.75, 3.05) is 26.4 Å². The molecular weight excluding hydrogens is 789 g/mol. The molecule has 1 heterocycles. The van der Waals surface area contributed by atoms with Crippen LogP contribution in [0.15, 0.2) is 36.5 Å². The summed E-state index contributed by atoms with van der Waals surface area (Å²) in [6.07, 6.45) is 36.0. The van der Waals surface area contributed by atoms with Gasteiger partial charge in [-0.3, -0.25) is 9.35 Å². The number of esters is 1. The van der Waals surface area contributed by atoms with Crippen LogP contribution in [0.4, 0.5) is 0 Å². The van der Waals surface area contributed by atoms with Crippen LogP contribution in [-0.4, -0.2) is 97.5 Å². The molecule has 0 aromatic rings. The van der Waals surface area contributed by atoms with E-state index >= 15 is 0 Å². The average molecular weight is 875 g/mol. The zero-order chi connectivity index (χ0) is 43.9. The van der Waals surface area contributed by atoms with Crippen LogP contribution in [0.5, 0.6) is 0 Å². The first-order valence-corrected chi connectivity index (χ1v) is 25.1. The SMILES string of the molecule is CCCC/C=C\CCCCCCCCOCC(COC1OC(CO)C(O)C(OS(=O)(=O)O)C1O)OC(=O)CCCCCCCCCCC/C=C\C/C=C\CCCCCCC. The summed E-state index contributed by atoms with van der Waals surface area (Å²) in [5, 5.41) is 30.7. The molecular formula is C47H86O12S. The van der Waals surface area contributed by atoms with E-state index in [-0.39, 0.29) is 19.6 Å². The van der Waals surface area contributed by atoms with Crippen molar-refractivity contribution in [1.29, 1.82) is 0 Å². The number of hydrogen-bond donors (Lipinski definition) is 4. The minimum atomic E-state index is -5.06. The highest BCUT2D eigenvalue weighted by atomic mass is 32.3. The van der Waals surface area contributed by atoms with E-state index in [1.165, 1.54) is 103 Å². The van der Waals surface area contributed by atoms with Crippen molar-refractivity contribution >= 4 is 16.4 Å². The number of hydrogen-bond acceptors (Lipinski definition) is 11. The fourth-order valence-electron chi connectivity index (χ4n) is 7.10. The highest BCUT2D eigenvalue weighted by Crippen LogP contribution is 2.26. The van der Waals surface area contributed by atoms with Gasteiger partial charge in [-0.25, -0.2) is 4.18 Å². The Balaban J connectivity index is 2.38. The zero-order valence-electron chi connectivity index (χ0n) is 37.5. The van der Waals surface area contributed by atoms with Gasteiger partial charge in [-0.15, -0.1) is 0 Å². The number of rotatable bonds is 41. The molecule has 352 valence electrons. The van der Waals surface area contributed by atoms with E-state index in [4.69, 9.17) is 23.5 Å². The Morgan fingerprint density at radius 2 is 1.12 bits per heavy atom. The zero-order valence-corrected chi connectivity index (χ0v) is 38.3. The topological polar surface area (TPSA) is 178 Å². The van der Waals surface area contributed by atoms with Crippen molar-refractivity contribution in [3.8, 4) is 0 Å². The lowest BCUT2D eigenvalue weighted by Gasteiger charge is -2.41. The van der Waals surface area contributed by atoms with Crippen molar-refractivity contribution in [1.82, 2.24) is 0 Å². The number of aliphatic hydroxyl groups is 3. The van der Waals surface area contributed by atoms with Crippen molar-refractivity contribution in [2.24, 2.45) is 0 Å². The number of aliphatic hydroxyl groups excluding tert-OH is 3. The van der Waals surface area contributed by atoms with Gasteiger partial charge in [0.2, 0.25) is 0 Å². The van der Waals surface area contributed by atoms with Crippen LogP contribution in [0.1, 0.15) is 194 Å². The van der Waals surface area contributed by atoms with Gasteiger partial charge in [0.1, 0.15) is 30.5 Å². The number of allylic oxidation sites excluding steroid dienone is 6. The quantitative estimate of drug-likeness (QED) is 0.0198. The number of carbonyl (C=O) groups excluding carboxylic acids is 1. The summed E-state index contributed by atoms with van der Waals surface area (Å²) in [6.45, 7) is 3.93. The van der Waals surface area contributed by atoms with Gasteiger partial charge in [0.15, 0.2) is 6.29 Å². The van der Waals surface area contributed by atoms with E-state index in [2.05, 4.69) is 54.5 Å². The second-order valence-electron chi connectivity index (χ2n) is 16.3. The molecule has 0 aromatic heterocycles. The molecule has 1 aliphatic heterocycles. The first-order chi connectivity index (χ1) is 29.1. The van der Waals surface area contributed by atoms with Gasteiger partial charge in [-0.2, -0.15) is 8.42 Å². The van der Waals surface area contributed by atoms with Crippen LogP contribution in [0.25, 0.3) is 0 Å². The highest BCUT2D eigenvalue weighted by molar-refractivity contribution is 7.80. The van der Waals surface area contributed by atoms with Gasteiger partial charge in [0.05, 0.1) is 19.8 Å². The number of ether oxygens (including phenoxy) is 4. The van der Waals surface area contributed by atoms with Crippen molar-refractivity contribution in [3.63, 3.8) is 0 Å². The van der Waals surface area contributed by atoms with Gasteiger partial charge in [-0.1, -0.05) is 159 Å². The summed E-state index contributed by atoms with van der Waals surface area (Å²) >= 11 is 0. The molecule has 0 saturated carbocycles. The second-order valence-corrected chi connectivity index (χ2v) is 17.4. The van der Waals surface area contributed by atoms with E-state index in [0.29, 0.717) is 13.0 Å². The van der Waals surface area contributed by atoms with Crippen molar-refractivity contribution in [2.45, 2.75) is 230 Å². The molecule has 13 heteroatoms. The maximum atomic E-state index is 12.9. The molecule has 1 aliphatic rings. The summed E-state index contributed by atoms with van der Waals surface area (Å²) in [5.74, 6) is -0.406. The van der Waals surface area contributed by atoms with E-state index in [1.54, 1.807) is 0 Å². The van der Waals surface area contributed by atoms with Gasteiger partial charge in [-0.05, 0) is 64.2 Å². The standard InChI is InChI=1S/C47H86O12S/c1-3-5-7-9-11-13-15-17-18-19-20-21-22-23-24-25-26-28-30-32-34-36-43(49)57-41(39-55-37-35-33-31-29-27-16-14-12-10-8-6-4-2)40-56-47-45(51)46(59-60(52,53)54)44(50)42(38-48)58-47/h10,12,15,17,19-20,41-42,44-48,50-51H,3-9,11,13-14,16,18,21-40H2,1-2H3,(H,52,53,54)/b12-10-,17-15-,20-19-. The van der Waals surface area contributed by atoms with Gasteiger partial charge in [0, 0.05) is 13.0 Å². The van der Waals surface area contributed by atoms with Gasteiger partial charge >= 0.3 is 16.4 Å². The molecule has 6 atom stereocenters. The van der Waals surface area contributed by atoms with Gasteiger partial charge in [0.25, 0.3) is 0 Å². The minimum absolute atomic E-state index is 0.0306. The Morgan fingerprint density at radius 1 is 0.633 bits per heavy atom. The Labute approximate surface area is 364 Å². The fraction of sp³-hybridized carbons (Fsp3) is 0.851. The first-order valence-electron chi connectivity index (χ1n) is 23.7. The fourth-order valence-corrected chi connectivity index (χ4v) is 7.60. The lowest BCUT2D eigenvalue weighted by Crippen LogP contribution is -2.60. The monoisotopic (exact) mass is 875 g/mol. The highest BCUT2D eigenvalue weighted by Gasteiger charge is 2.48. The first kappa shape index (κ1) is 56.3. The summed E-state index contributed by atoms with van der Waals surface area (Å²) in [6, 6.07) is 0. The predicted molar refractivity (Wildman–Crippen MR) is 239 cm³/mol. The molecule has 12 nitrogen and oxygen atoms in total. The van der Waals surface area contributed by atoms with Gasteiger partial charge < -0.3 is 34.3 Å². The molecule has 0 spiro atoms. The van der Waals surface area contributed by atoms with Crippen molar-refractivity contribution < 1.29 is 56.2 Å². The summed E-state index contributed by atoms with van der Waals surface area (Å²) < 4.78 is 59.1. The molecule has 1 saturated heterocycles. The van der Waals surface area contributed by atoms with Crippen LogP contribution in [0.2, 0.25) is 0 Å². The Bertz CT molecular complexity index is 1190. The molecule has 0 aromatic carbocycles. The van der Waals surface area contributed by atoms with Crippen molar-refractivity contribution in [3.05, 3.63) is 36.5 Å². The normalized spacial score (nSPS) is 20.5. The number of unbranched alkanes of at least 4 members (excludes halogenated alkanes) is 22. The summed E-state index contributed by atoms with van der Waals surface area (Å²) in [7, 11) is -5.06. The van der Waals surface area contributed by atoms with Crippen LogP contribution in [-0.2, 0) is 38.3 Å². The van der Waals surface area contributed by atoms with E-state index in [0.717, 1.165) is 64.2 Å². The summed E-state index contributed by atoms with van der Waals surface area (Å²) in [5.41, 5.74) is 0. The maximum Gasteiger partial charge on any atom is 0.397 e. The maximum absolute atomic E-state index is 12.9. The second kappa shape index (κ2) is 39.0. The molecule has 60 heavy (non-hydrogen) atoms. The largest absolute Gasteiger partial charge is 0.457 e. The van der Waals surface area contributed by atoms with Crippen LogP contribution in [0, 0.1) is 0 Å². The van der Waals surface area contributed by atoms with Crippen LogP contribution < -0.4 is 0 Å². The molecule has 0 amide bonds. The van der Waals surface area contributed by atoms with Crippen LogP contribution >= 0.6 is 0 Å². The Hall–Kier alpha value is -1.68. The molecule has 6 unspecified atom stereocenters. The summed E-state index contributed by atoms with van der Waals surface area (Å²) in [4.78, 5) is 12.9. The minimum Gasteiger partial charge on any atom is -0.457 e. The molecule has 1 fully saturated rings. The molecule has 0 bridgehead atoms. The average Bonchev–Trinajstić information content (AvgIpc) is 3.22. The third-order valence-corrected chi connectivity index (χ3v) is 11.2. The molecule has 4 N–H and O–H groups in total. The smallest absolute Gasteiger partial charge is 0.397 e. The lowest BCUT2D eigenvalue weighted by atomic mass is 9.99. The Kier molecular flexibility index (Phi) is 36.6.